The molecule has 38 heavy (non-hydrogen) atoms. The molecule has 0 amide bonds. The van der Waals surface area contributed by atoms with Gasteiger partial charge in [0.2, 0.25) is 0 Å². The van der Waals surface area contributed by atoms with E-state index in [0.29, 0.717) is 40.5 Å². The molecule has 190 valence electrons. The van der Waals surface area contributed by atoms with Gasteiger partial charge in [-0.25, -0.2) is 23.4 Å². The third-order valence-corrected chi connectivity index (χ3v) is 6.68. The topological polar surface area (TPSA) is 118 Å². The van der Waals surface area contributed by atoms with Crippen molar-refractivity contribution in [2.24, 2.45) is 0 Å². The number of sulfonamides is 1. The smallest absolute Gasteiger partial charge is 0.261 e. The molecule has 0 radical (unpaired) electrons. The van der Waals surface area contributed by atoms with Crippen LogP contribution < -0.4 is 20.1 Å². The molecule has 0 aliphatic rings. The maximum absolute atomic E-state index is 12.9. The maximum atomic E-state index is 12.9. The summed E-state index contributed by atoms with van der Waals surface area (Å²) in [5, 5.41) is 6.37. The molecule has 0 saturated carbocycles. The normalized spacial score (nSPS) is 11.0. The fourth-order valence-electron chi connectivity index (χ4n) is 3.56. The van der Waals surface area contributed by atoms with Crippen molar-refractivity contribution in [3.63, 3.8) is 0 Å². The quantitative estimate of drug-likeness (QED) is 0.207. The van der Waals surface area contributed by atoms with Crippen molar-refractivity contribution in [2.75, 3.05) is 15.4 Å². The van der Waals surface area contributed by atoms with E-state index in [2.05, 4.69) is 30.3 Å². The van der Waals surface area contributed by atoms with Crippen LogP contribution in [0.15, 0.2) is 114 Å². The van der Waals surface area contributed by atoms with E-state index in [1.807, 2.05) is 48.5 Å². The molecule has 3 N–H and O–H groups in total. The average Bonchev–Trinajstić information content (AvgIpc) is 2.91. The van der Waals surface area contributed by atoms with Crippen molar-refractivity contribution in [1.82, 2.24) is 15.0 Å². The summed E-state index contributed by atoms with van der Waals surface area (Å²) in [4.78, 5) is 13.2. The highest BCUT2D eigenvalue weighted by molar-refractivity contribution is 7.92. The zero-order valence-electron chi connectivity index (χ0n) is 20.4. The Hall–Kier alpha value is -4.96. The van der Waals surface area contributed by atoms with Crippen LogP contribution in [-0.4, -0.2) is 23.4 Å². The molecule has 0 saturated heterocycles. The third-order valence-electron chi connectivity index (χ3n) is 5.28. The second kappa shape index (κ2) is 11.0. The first-order valence-corrected chi connectivity index (χ1v) is 13.2. The number of aryl methyl sites for hydroxylation is 1. The summed E-state index contributed by atoms with van der Waals surface area (Å²) in [5.74, 6) is 3.66. The lowest BCUT2D eigenvalue weighted by Gasteiger charge is -2.12. The van der Waals surface area contributed by atoms with Crippen LogP contribution in [0.1, 0.15) is 5.82 Å². The molecule has 5 aromatic rings. The molecule has 0 bridgehead atoms. The van der Waals surface area contributed by atoms with Crippen molar-refractivity contribution >= 4 is 38.9 Å². The van der Waals surface area contributed by atoms with Crippen LogP contribution in [0.5, 0.6) is 11.5 Å². The van der Waals surface area contributed by atoms with Gasteiger partial charge in [0.1, 0.15) is 34.8 Å². The van der Waals surface area contributed by atoms with Crippen LogP contribution in [0.4, 0.5) is 28.8 Å². The van der Waals surface area contributed by atoms with E-state index in [1.54, 1.807) is 55.6 Å². The van der Waals surface area contributed by atoms with Gasteiger partial charge >= 0.3 is 0 Å². The van der Waals surface area contributed by atoms with Gasteiger partial charge in [0.05, 0.1) is 4.90 Å². The Labute approximate surface area is 220 Å². The van der Waals surface area contributed by atoms with Crippen LogP contribution in [0, 0.1) is 6.92 Å². The Kier molecular flexibility index (Phi) is 7.14. The van der Waals surface area contributed by atoms with Crippen LogP contribution >= 0.6 is 0 Å². The predicted octanol–water partition coefficient (Wildman–Crippen LogP) is 6.26. The minimum atomic E-state index is -3.78. The largest absolute Gasteiger partial charge is 0.457 e. The molecular formula is C28H24N6O3S. The Bertz CT molecular complexity index is 1610. The van der Waals surface area contributed by atoms with Gasteiger partial charge in [-0.2, -0.15) is 0 Å². The predicted molar refractivity (Wildman–Crippen MR) is 148 cm³/mol. The second-order valence-corrected chi connectivity index (χ2v) is 9.90. The lowest BCUT2D eigenvalue weighted by atomic mass is 10.3. The Balaban J connectivity index is 1.23. The minimum absolute atomic E-state index is 0.129. The van der Waals surface area contributed by atoms with Gasteiger partial charge in [0.15, 0.2) is 0 Å². The Morgan fingerprint density at radius 1 is 0.658 bits per heavy atom. The molecule has 5 rings (SSSR count). The van der Waals surface area contributed by atoms with Crippen molar-refractivity contribution in [3.05, 3.63) is 115 Å². The number of ether oxygens (including phenoxy) is 1. The van der Waals surface area contributed by atoms with Gasteiger partial charge in [-0.1, -0.05) is 24.3 Å². The molecule has 0 aliphatic carbocycles. The van der Waals surface area contributed by atoms with Crippen molar-refractivity contribution in [1.29, 1.82) is 0 Å². The number of hydrogen-bond donors (Lipinski definition) is 3. The lowest BCUT2D eigenvalue weighted by Crippen LogP contribution is -2.12. The fourth-order valence-corrected chi connectivity index (χ4v) is 4.62. The molecule has 9 nitrogen and oxygen atoms in total. The van der Waals surface area contributed by atoms with Crippen LogP contribution in [0.2, 0.25) is 0 Å². The minimum Gasteiger partial charge on any atom is -0.457 e. The van der Waals surface area contributed by atoms with Crippen LogP contribution in [-0.2, 0) is 10.0 Å². The molecular weight excluding hydrogens is 500 g/mol. The van der Waals surface area contributed by atoms with E-state index < -0.39 is 10.0 Å². The second-order valence-electron chi connectivity index (χ2n) is 8.22. The Morgan fingerprint density at radius 3 is 1.97 bits per heavy atom. The number of para-hydroxylation sites is 1. The molecule has 0 atom stereocenters. The summed E-state index contributed by atoms with van der Waals surface area (Å²) in [6.45, 7) is 1.80. The van der Waals surface area contributed by atoms with Gasteiger partial charge in [0, 0.05) is 23.6 Å². The number of nitrogens with one attached hydrogen (secondary N) is 3. The van der Waals surface area contributed by atoms with Gasteiger partial charge in [-0.3, -0.25) is 4.72 Å². The highest BCUT2D eigenvalue weighted by Crippen LogP contribution is 2.25. The molecule has 10 heteroatoms. The number of pyridine rings is 1. The molecule has 0 aliphatic heterocycles. The van der Waals surface area contributed by atoms with E-state index in [-0.39, 0.29) is 4.90 Å². The summed E-state index contributed by atoms with van der Waals surface area (Å²) < 4.78 is 34.1. The van der Waals surface area contributed by atoms with E-state index in [0.717, 1.165) is 5.69 Å². The number of anilines is 5. The monoisotopic (exact) mass is 524 g/mol. The molecule has 2 aromatic heterocycles. The zero-order valence-corrected chi connectivity index (χ0v) is 21.2. The van der Waals surface area contributed by atoms with Gasteiger partial charge in [0.25, 0.3) is 10.0 Å². The number of nitrogens with zero attached hydrogens (tertiary/aromatic N) is 3. The zero-order chi connectivity index (χ0) is 26.4. The third kappa shape index (κ3) is 6.42. The number of aromatic nitrogens is 3. The van der Waals surface area contributed by atoms with Crippen LogP contribution in [0.25, 0.3) is 0 Å². The molecule has 0 fully saturated rings. The first-order chi connectivity index (χ1) is 18.4. The number of rotatable bonds is 9. The van der Waals surface area contributed by atoms with Crippen molar-refractivity contribution in [3.8, 4) is 11.5 Å². The highest BCUT2D eigenvalue weighted by Gasteiger charge is 2.14. The summed E-state index contributed by atoms with van der Waals surface area (Å²) >= 11 is 0. The average molecular weight is 525 g/mol. The number of benzene rings is 3. The summed E-state index contributed by atoms with van der Waals surface area (Å²) in [7, 11) is -3.78. The SMILES string of the molecule is Cc1nc(Nc2ccc(NS(=O)(=O)c3ccc(Oc4ccccc4)cc3)cc2)cc(Nc2ccccn2)n1. The summed E-state index contributed by atoms with van der Waals surface area (Å²) in [5.41, 5.74) is 1.16. The van der Waals surface area contributed by atoms with Gasteiger partial charge < -0.3 is 15.4 Å². The van der Waals surface area contributed by atoms with Crippen molar-refractivity contribution in [2.45, 2.75) is 11.8 Å². The first kappa shape index (κ1) is 24.7. The number of hydrogen-bond acceptors (Lipinski definition) is 8. The standard InChI is InChI=1S/C28H24N6O3S/c1-20-30-27(19-28(31-20)33-26-9-5-6-18-29-26)32-21-10-12-22(13-11-21)34-38(35,36)25-16-14-24(15-17-25)37-23-7-3-2-4-8-23/h2-19,34H,1H3,(H2,29,30,31,32,33). The summed E-state index contributed by atoms with van der Waals surface area (Å²) in [6, 6.07) is 29.7. The highest BCUT2D eigenvalue weighted by atomic mass is 32.2. The van der Waals surface area contributed by atoms with E-state index in [1.165, 1.54) is 12.1 Å². The maximum Gasteiger partial charge on any atom is 0.261 e. The van der Waals surface area contributed by atoms with Crippen molar-refractivity contribution < 1.29 is 13.2 Å². The molecule has 3 aromatic carbocycles. The summed E-state index contributed by atoms with van der Waals surface area (Å²) in [6.07, 6.45) is 1.70. The van der Waals surface area contributed by atoms with Gasteiger partial charge in [-0.15, -0.1) is 0 Å². The molecule has 2 heterocycles. The van der Waals surface area contributed by atoms with E-state index in [4.69, 9.17) is 4.74 Å². The van der Waals surface area contributed by atoms with E-state index in [9.17, 15) is 8.42 Å². The fraction of sp³-hybridized carbons (Fsp3) is 0.0357. The molecule has 0 unspecified atom stereocenters. The van der Waals surface area contributed by atoms with E-state index >= 15 is 0 Å². The van der Waals surface area contributed by atoms with Crippen LogP contribution in [0.3, 0.4) is 0 Å². The first-order valence-electron chi connectivity index (χ1n) is 11.7. The van der Waals surface area contributed by atoms with Gasteiger partial charge in [-0.05, 0) is 79.7 Å². The molecule has 0 spiro atoms. The lowest BCUT2D eigenvalue weighted by molar-refractivity contribution is 0.482. The Morgan fingerprint density at radius 2 is 1.29 bits per heavy atom.